The van der Waals surface area contributed by atoms with Crippen LogP contribution in [0.2, 0.25) is 0 Å². The molecule has 0 saturated carbocycles. The number of nitrogens with two attached hydrogens (primary N) is 1. The normalized spacial score (nSPS) is 10.4. The summed E-state index contributed by atoms with van der Waals surface area (Å²) >= 11 is 4.68. The number of halogens is 1. The standard InChI is InChI=1S/C12H14N2S.C11H13BrO/c1-7-4-8(2)11(9(3)5-7)10-6-15-12(13)14-10;1-7-4-8(2)11(9(3)5-7)10(13)6-12/h4-6H,1-3H3,(H2,13,14);4-5H,6H2,1-3H3. The van der Waals surface area contributed by atoms with Crippen LogP contribution < -0.4 is 5.73 Å². The van der Waals surface area contributed by atoms with Crippen LogP contribution in [0.5, 0.6) is 0 Å². The molecule has 0 aliphatic carbocycles. The number of hydrogen-bond donors (Lipinski definition) is 1. The maximum atomic E-state index is 11.5. The van der Waals surface area contributed by atoms with Crippen molar-refractivity contribution >= 4 is 38.2 Å². The third-order valence-corrected chi connectivity index (χ3v) is 5.72. The molecular formula is C23H27BrN2OS. The van der Waals surface area contributed by atoms with Crippen LogP contribution in [0.1, 0.15) is 43.7 Å². The summed E-state index contributed by atoms with van der Waals surface area (Å²) < 4.78 is 0. The molecule has 3 rings (SSSR count). The summed E-state index contributed by atoms with van der Waals surface area (Å²) in [5.41, 5.74) is 15.9. The fraction of sp³-hybridized carbons (Fsp3) is 0.304. The Morgan fingerprint density at radius 2 is 1.39 bits per heavy atom. The first-order valence-electron chi connectivity index (χ1n) is 9.10. The lowest BCUT2D eigenvalue weighted by atomic mass is 9.97. The Morgan fingerprint density at radius 1 is 0.929 bits per heavy atom. The maximum absolute atomic E-state index is 11.5. The number of alkyl halides is 1. The highest BCUT2D eigenvalue weighted by Gasteiger charge is 2.11. The van der Waals surface area contributed by atoms with Crippen LogP contribution in [0.15, 0.2) is 29.6 Å². The number of carbonyl (C=O) groups excluding carboxylic acids is 1. The highest BCUT2D eigenvalue weighted by atomic mass is 79.9. The number of anilines is 1. The van der Waals surface area contributed by atoms with Gasteiger partial charge in [0, 0.05) is 16.5 Å². The van der Waals surface area contributed by atoms with Crippen molar-refractivity contribution in [1.82, 2.24) is 4.98 Å². The minimum Gasteiger partial charge on any atom is -0.375 e. The van der Waals surface area contributed by atoms with E-state index in [1.807, 2.05) is 38.3 Å². The average Bonchev–Trinajstić information content (AvgIpc) is 2.99. The summed E-state index contributed by atoms with van der Waals surface area (Å²) in [7, 11) is 0. The van der Waals surface area contributed by atoms with Crippen molar-refractivity contribution in [3.8, 4) is 11.3 Å². The molecule has 0 bridgehead atoms. The smallest absolute Gasteiger partial charge is 0.180 e. The summed E-state index contributed by atoms with van der Waals surface area (Å²) in [6.07, 6.45) is 0. The van der Waals surface area contributed by atoms with E-state index < -0.39 is 0 Å². The van der Waals surface area contributed by atoms with E-state index in [2.05, 4.69) is 53.8 Å². The summed E-state index contributed by atoms with van der Waals surface area (Å²) in [5, 5.41) is 3.04. The highest BCUT2D eigenvalue weighted by Crippen LogP contribution is 2.29. The molecule has 0 unspecified atom stereocenters. The largest absolute Gasteiger partial charge is 0.375 e. The average molecular weight is 459 g/mol. The van der Waals surface area contributed by atoms with Gasteiger partial charge in [-0.1, -0.05) is 51.3 Å². The molecular weight excluding hydrogens is 432 g/mol. The Bertz CT molecular complexity index is 962. The number of thiazole rings is 1. The molecule has 0 aliphatic heterocycles. The van der Waals surface area contributed by atoms with Gasteiger partial charge in [-0.05, 0) is 63.8 Å². The quantitative estimate of drug-likeness (QED) is 0.359. The minimum absolute atomic E-state index is 0.162. The van der Waals surface area contributed by atoms with Crippen LogP contribution in [-0.4, -0.2) is 16.1 Å². The van der Waals surface area contributed by atoms with Crippen molar-refractivity contribution in [2.45, 2.75) is 41.5 Å². The molecule has 2 aromatic carbocycles. The zero-order valence-corrected chi connectivity index (χ0v) is 19.7. The molecule has 1 heterocycles. The van der Waals surface area contributed by atoms with Crippen molar-refractivity contribution < 1.29 is 4.79 Å². The minimum atomic E-state index is 0.162. The summed E-state index contributed by atoms with van der Waals surface area (Å²) in [6.45, 7) is 12.4. The van der Waals surface area contributed by atoms with Crippen molar-refractivity contribution in [3.05, 3.63) is 68.6 Å². The van der Waals surface area contributed by atoms with Gasteiger partial charge in [-0.2, -0.15) is 0 Å². The predicted molar refractivity (Wildman–Crippen MR) is 125 cm³/mol. The first-order chi connectivity index (χ1) is 13.1. The second kappa shape index (κ2) is 9.48. The van der Waals surface area contributed by atoms with Gasteiger partial charge in [-0.3, -0.25) is 4.79 Å². The Labute approximate surface area is 180 Å². The molecule has 1 aromatic heterocycles. The number of rotatable bonds is 3. The number of hydrogen-bond acceptors (Lipinski definition) is 4. The number of nitrogens with zero attached hydrogens (tertiary/aromatic N) is 1. The molecule has 0 atom stereocenters. The lowest BCUT2D eigenvalue weighted by Crippen LogP contribution is -2.05. The third-order valence-electron chi connectivity index (χ3n) is 4.53. The Hall–Kier alpha value is -1.98. The Morgan fingerprint density at radius 3 is 1.79 bits per heavy atom. The second-order valence-corrected chi connectivity index (χ2v) is 8.63. The predicted octanol–water partition coefficient (Wildman–Crippen LogP) is 6.51. The molecule has 0 radical (unpaired) electrons. The summed E-state index contributed by atoms with van der Waals surface area (Å²) in [5.74, 6) is 0.162. The molecule has 148 valence electrons. The Balaban J connectivity index is 0.000000203. The van der Waals surface area contributed by atoms with E-state index in [9.17, 15) is 4.79 Å². The van der Waals surface area contributed by atoms with Crippen LogP contribution in [-0.2, 0) is 0 Å². The second-order valence-electron chi connectivity index (χ2n) is 7.18. The van der Waals surface area contributed by atoms with Gasteiger partial charge in [0.15, 0.2) is 10.9 Å². The Kier molecular flexibility index (Phi) is 7.55. The zero-order chi connectivity index (χ0) is 21.0. The van der Waals surface area contributed by atoms with Gasteiger partial charge in [0.25, 0.3) is 0 Å². The fourth-order valence-corrected chi connectivity index (χ4v) is 4.51. The maximum Gasteiger partial charge on any atom is 0.180 e. The van der Waals surface area contributed by atoms with E-state index in [4.69, 9.17) is 5.73 Å². The molecule has 3 aromatic rings. The van der Waals surface area contributed by atoms with Crippen LogP contribution >= 0.6 is 27.3 Å². The van der Waals surface area contributed by atoms with E-state index in [-0.39, 0.29) is 5.78 Å². The SMILES string of the molecule is Cc1cc(C)c(-c2csc(N)n2)c(C)c1.Cc1cc(C)c(C(=O)CBr)c(C)c1. The van der Waals surface area contributed by atoms with Gasteiger partial charge in [0.1, 0.15) is 0 Å². The van der Waals surface area contributed by atoms with Crippen LogP contribution in [0.25, 0.3) is 11.3 Å². The number of aromatic nitrogens is 1. The number of benzene rings is 2. The van der Waals surface area contributed by atoms with Crippen LogP contribution in [0, 0.1) is 41.5 Å². The first-order valence-corrected chi connectivity index (χ1v) is 11.1. The highest BCUT2D eigenvalue weighted by molar-refractivity contribution is 9.09. The summed E-state index contributed by atoms with van der Waals surface area (Å²) in [6, 6.07) is 8.45. The lowest BCUT2D eigenvalue weighted by Gasteiger charge is -2.08. The molecule has 0 saturated heterocycles. The molecule has 0 spiro atoms. The van der Waals surface area contributed by atoms with E-state index in [0.717, 1.165) is 22.4 Å². The molecule has 0 fully saturated rings. The number of carbonyl (C=O) groups is 1. The van der Waals surface area contributed by atoms with E-state index >= 15 is 0 Å². The molecule has 0 aliphatic rings. The van der Waals surface area contributed by atoms with Gasteiger partial charge < -0.3 is 5.73 Å². The number of nitrogen functional groups attached to an aromatic ring is 1. The van der Waals surface area contributed by atoms with Gasteiger partial charge >= 0.3 is 0 Å². The fourth-order valence-electron chi connectivity index (χ4n) is 3.67. The monoisotopic (exact) mass is 458 g/mol. The third kappa shape index (κ3) is 5.30. The van der Waals surface area contributed by atoms with E-state index in [1.165, 1.54) is 39.2 Å². The van der Waals surface area contributed by atoms with E-state index in [1.54, 1.807) is 0 Å². The van der Waals surface area contributed by atoms with Crippen LogP contribution in [0.3, 0.4) is 0 Å². The van der Waals surface area contributed by atoms with Crippen molar-refractivity contribution in [3.63, 3.8) is 0 Å². The van der Waals surface area contributed by atoms with Gasteiger partial charge in [0.05, 0.1) is 11.0 Å². The molecule has 3 nitrogen and oxygen atoms in total. The number of ketones is 1. The van der Waals surface area contributed by atoms with Gasteiger partial charge in [-0.25, -0.2) is 4.98 Å². The van der Waals surface area contributed by atoms with Gasteiger partial charge in [0.2, 0.25) is 0 Å². The number of aryl methyl sites for hydroxylation is 6. The lowest BCUT2D eigenvalue weighted by molar-refractivity contribution is 0.102. The topological polar surface area (TPSA) is 56.0 Å². The van der Waals surface area contributed by atoms with E-state index in [0.29, 0.717) is 10.5 Å². The van der Waals surface area contributed by atoms with Crippen molar-refractivity contribution in [2.24, 2.45) is 0 Å². The molecule has 28 heavy (non-hydrogen) atoms. The molecule has 2 N–H and O–H groups in total. The summed E-state index contributed by atoms with van der Waals surface area (Å²) in [4.78, 5) is 15.8. The van der Waals surface area contributed by atoms with Crippen molar-refractivity contribution in [2.75, 3.05) is 11.1 Å². The first kappa shape index (κ1) is 22.3. The number of Topliss-reactive ketones (excluding diaryl/α,β-unsaturated/α-hetero) is 1. The zero-order valence-electron chi connectivity index (χ0n) is 17.3. The van der Waals surface area contributed by atoms with Crippen LogP contribution in [0.4, 0.5) is 5.13 Å². The molecule has 5 heteroatoms. The van der Waals surface area contributed by atoms with Crippen molar-refractivity contribution in [1.29, 1.82) is 0 Å². The molecule has 0 amide bonds. The van der Waals surface area contributed by atoms with Gasteiger partial charge in [-0.15, -0.1) is 11.3 Å².